The largest absolute Gasteiger partial charge is 0.411 e. The van der Waals surface area contributed by atoms with Crippen LogP contribution in [-0.4, -0.2) is 30.4 Å². The van der Waals surface area contributed by atoms with Gasteiger partial charge in [0.1, 0.15) is 0 Å². The van der Waals surface area contributed by atoms with Crippen LogP contribution in [0.25, 0.3) is 17.1 Å². The number of rotatable bonds is 5. The Balaban J connectivity index is 1.49. The number of aromatic nitrogens is 6. The zero-order valence-electron chi connectivity index (χ0n) is 12.8. The molecule has 25 heavy (non-hydrogen) atoms. The van der Waals surface area contributed by atoms with Gasteiger partial charge in [-0.3, -0.25) is 0 Å². The van der Waals surface area contributed by atoms with Crippen molar-refractivity contribution in [3.63, 3.8) is 0 Å². The van der Waals surface area contributed by atoms with E-state index >= 15 is 0 Å². The van der Waals surface area contributed by atoms with Crippen LogP contribution in [0.4, 0.5) is 0 Å². The first-order valence-corrected chi connectivity index (χ1v) is 8.71. The molecule has 4 aromatic rings. The van der Waals surface area contributed by atoms with Crippen LogP contribution in [0.1, 0.15) is 5.82 Å². The van der Waals surface area contributed by atoms with Crippen LogP contribution in [0.5, 0.6) is 0 Å². The van der Waals surface area contributed by atoms with E-state index in [1.165, 1.54) is 11.8 Å². The standard InChI is InChI=1S/C16H11ClN6OS/c17-12-6-4-5-11(9-12)15-19-20-16(24-15)25-10-14-18-21-22-23(14)13-7-2-1-3-8-13/h1-9H,10H2. The molecule has 9 heteroatoms. The molecule has 2 aromatic heterocycles. The van der Waals surface area contributed by atoms with E-state index in [4.69, 9.17) is 16.0 Å². The van der Waals surface area contributed by atoms with Crippen molar-refractivity contribution < 1.29 is 4.42 Å². The highest BCUT2D eigenvalue weighted by Crippen LogP contribution is 2.26. The first-order valence-electron chi connectivity index (χ1n) is 7.34. The predicted octanol–water partition coefficient (Wildman–Crippen LogP) is 3.66. The van der Waals surface area contributed by atoms with Crippen molar-refractivity contribution in [2.45, 2.75) is 11.0 Å². The summed E-state index contributed by atoms with van der Waals surface area (Å²) < 4.78 is 7.35. The van der Waals surface area contributed by atoms with Gasteiger partial charge in [0.05, 0.1) is 11.4 Å². The number of tetrazole rings is 1. The van der Waals surface area contributed by atoms with Crippen LogP contribution >= 0.6 is 23.4 Å². The third kappa shape index (κ3) is 3.54. The topological polar surface area (TPSA) is 82.5 Å². The third-order valence-corrected chi connectivity index (χ3v) is 4.39. The average Bonchev–Trinajstić information content (AvgIpc) is 3.30. The van der Waals surface area contributed by atoms with Gasteiger partial charge in [-0.05, 0) is 40.8 Å². The van der Waals surface area contributed by atoms with Crippen LogP contribution in [0, 0.1) is 0 Å². The Labute approximate surface area is 152 Å². The number of benzene rings is 2. The third-order valence-electron chi connectivity index (χ3n) is 3.34. The molecule has 0 aliphatic rings. The van der Waals surface area contributed by atoms with E-state index in [1.807, 2.05) is 42.5 Å². The minimum atomic E-state index is 0.424. The minimum Gasteiger partial charge on any atom is -0.411 e. The number of para-hydroxylation sites is 1. The van der Waals surface area contributed by atoms with E-state index in [-0.39, 0.29) is 0 Å². The Bertz CT molecular complexity index is 987. The number of halogens is 1. The lowest BCUT2D eigenvalue weighted by molar-refractivity contribution is 0.465. The summed E-state index contributed by atoms with van der Waals surface area (Å²) in [4.78, 5) is 0. The summed E-state index contributed by atoms with van der Waals surface area (Å²) >= 11 is 7.36. The SMILES string of the molecule is Clc1cccc(-c2nnc(SCc3nnnn3-c3ccccc3)o2)c1. The van der Waals surface area contributed by atoms with Crippen molar-refractivity contribution in [1.29, 1.82) is 0 Å². The van der Waals surface area contributed by atoms with Crippen molar-refractivity contribution in [3.05, 3.63) is 65.4 Å². The molecule has 0 aliphatic heterocycles. The zero-order valence-corrected chi connectivity index (χ0v) is 14.4. The summed E-state index contributed by atoms with van der Waals surface area (Å²) in [6.07, 6.45) is 0. The molecule has 0 spiro atoms. The van der Waals surface area contributed by atoms with Crippen LogP contribution in [0.3, 0.4) is 0 Å². The average molecular weight is 371 g/mol. The van der Waals surface area contributed by atoms with Crippen LogP contribution < -0.4 is 0 Å². The van der Waals surface area contributed by atoms with Crippen LogP contribution in [0.15, 0.2) is 64.2 Å². The second-order valence-electron chi connectivity index (χ2n) is 5.01. The van der Waals surface area contributed by atoms with E-state index in [9.17, 15) is 0 Å². The van der Waals surface area contributed by atoms with Crippen molar-refractivity contribution >= 4 is 23.4 Å². The first kappa shape index (κ1) is 15.8. The molecule has 0 unspecified atom stereocenters. The van der Waals surface area contributed by atoms with Gasteiger partial charge in [-0.2, -0.15) is 4.68 Å². The summed E-state index contributed by atoms with van der Waals surface area (Å²) in [6.45, 7) is 0. The fraction of sp³-hybridized carbons (Fsp3) is 0.0625. The van der Waals surface area contributed by atoms with E-state index in [1.54, 1.807) is 16.8 Å². The molecule has 0 aliphatic carbocycles. The molecule has 0 fully saturated rings. The van der Waals surface area contributed by atoms with Crippen molar-refractivity contribution in [2.75, 3.05) is 0 Å². The Kier molecular flexibility index (Phi) is 4.45. The monoisotopic (exact) mass is 370 g/mol. The van der Waals surface area contributed by atoms with Gasteiger partial charge in [-0.25, -0.2) is 0 Å². The highest BCUT2D eigenvalue weighted by molar-refractivity contribution is 7.98. The lowest BCUT2D eigenvalue weighted by Gasteiger charge is -2.02. The molecule has 0 saturated carbocycles. The van der Waals surface area contributed by atoms with Crippen molar-refractivity contribution in [2.24, 2.45) is 0 Å². The minimum absolute atomic E-state index is 0.424. The second-order valence-corrected chi connectivity index (χ2v) is 6.38. The Morgan fingerprint density at radius 2 is 1.88 bits per heavy atom. The molecule has 0 radical (unpaired) electrons. The highest BCUT2D eigenvalue weighted by atomic mass is 35.5. The Hall–Kier alpha value is -2.71. The van der Waals surface area contributed by atoms with Crippen LogP contribution in [-0.2, 0) is 5.75 Å². The number of hydrogen-bond donors (Lipinski definition) is 0. The summed E-state index contributed by atoms with van der Waals surface area (Å²) in [7, 11) is 0. The first-order chi connectivity index (χ1) is 12.3. The number of nitrogens with zero attached hydrogens (tertiary/aromatic N) is 6. The molecule has 0 atom stereocenters. The molecular formula is C16H11ClN6OS. The van der Waals surface area contributed by atoms with Crippen LogP contribution in [0.2, 0.25) is 5.02 Å². The van der Waals surface area contributed by atoms with Gasteiger partial charge >= 0.3 is 0 Å². The van der Waals surface area contributed by atoms with Gasteiger partial charge in [0.25, 0.3) is 5.22 Å². The molecule has 0 bridgehead atoms. The summed E-state index contributed by atoms with van der Waals surface area (Å²) in [6, 6.07) is 17.0. The normalized spacial score (nSPS) is 10.9. The molecule has 7 nitrogen and oxygen atoms in total. The molecular weight excluding hydrogens is 360 g/mol. The number of thioether (sulfide) groups is 1. The summed E-state index contributed by atoms with van der Waals surface area (Å²) in [5, 5.41) is 21.0. The van der Waals surface area contributed by atoms with Crippen molar-refractivity contribution in [3.8, 4) is 17.1 Å². The molecule has 0 N–H and O–H groups in total. The van der Waals surface area contributed by atoms with Crippen molar-refractivity contribution in [1.82, 2.24) is 30.4 Å². The maximum atomic E-state index is 5.99. The maximum absolute atomic E-state index is 5.99. The van der Waals surface area contributed by atoms with Gasteiger partial charge < -0.3 is 4.42 Å². The second kappa shape index (κ2) is 7.04. The maximum Gasteiger partial charge on any atom is 0.277 e. The number of hydrogen-bond acceptors (Lipinski definition) is 7. The van der Waals surface area contributed by atoms with Gasteiger partial charge in [0.15, 0.2) is 5.82 Å². The quantitative estimate of drug-likeness (QED) is 0.496. The summed E-state index contributed by atoms with van der Waals surface area (Å²) in [5.74, 6) is 1.62. The lowest BCUT2D eigenvalue weighted by Crippen LogP contribution is -2.01. The molecule has 0 saturated heterocycles. The highest BCUT2D eigenvalue weighted by Gasteiger charge is 2.13. The molecule has 4 rings (SSSR count). The Morgan fingerprint density at radius 3 is 2.72 bits per heavy atom. The van der Waals surface area contributed by atoms with Gasteiger partial charge in [-0.1, -0.05) is 47.6 Å². The van der Waals surface area contributed by atoms with Gasteiger partial charge in [-0.15, -0.1) is 15.3 Å². The molecule has 2 aromatic carbocycles. The fourth-order valence-electron chi connectivity index (χ4n) is 2.20. The Morgan fingerprint density at radius 1 is 1.00 bits per heavy atom. The van der Waals surface area contributed by atoms with E-state index < -0.39 is 0 Å². The predicted molar refractivity (Wildman–Crippen MR) is 93.5 cm³/mol. The van der Waals surface area contributed by atoms with E-state index in [2.05, 4.69) is 25.7 Å². The lowest BCUT2D eigenvalue weighted by atomic mass is 10.2. The van der Waals surface area contributed by atoms with Gasteiger partial charge in [0, 0.05) is 10.6 Å². The van der Waals surface area contributed by atoms with Gasteiger partial charge in [0.2, 0.25) is 5.89 Å². The fourth-order valence-corrected chi connectivity index (χ4v) is 3.06. The molecule has 124 valence electrons. The summed E-state index contributed by atoms with van der Waals surface area (Å²) in [5.41, 5.74) is 1.68. The molecule has 0 amide bonds. The molecule has 2 heterocycles. The smallest absolute Gasteiger partial charge is 0.277 e. The van der Waals surface area contributed by atoms with E-state index in [0.29, 0.717) is 27.7 Å². The van der Waals surface area contributed by atoms with E-state index in [0.717, 1.165) is 11.3 Å². The zero-order chi connectivity index (χ0) is 17.1.